The lowest BCUT2D eigenvalue weighted by Gasteiger charge is -2.28. The van der Waals surface area contributed by atoms with Gasteiger partial charge in [-0.3, -0.25) is 0 Å². The van der Waals surface area contributed by atoms with Gasteiger partial charge < -0.3 is 10.4 Å². The lowest BCUT2D eigenvalue weighted by molar-refractivity contribution is 0.281. The second-order valence-corrected chi connectivity index (χ2v) is 6.25. The quantitative estimate of drug-likeness (QED) is 0.874. The van der Waals surface area contributed by atoms with E-state index in [0.717, 1.165) is 27.7 Å². The van der Waals surface area contributed by atoms with Gasteiger partial charge >= 0.3 is 0 Å². The number of hydrogen-bond donors (Lipinski definition) is 2. The fourth-order valence-corrected chi connectivity index (χ4v) is 3.37. The van der Waals surface area contributed by atoms with Gasteiger partial charge in [0.15, 0.2) is 0 Å². The number of thiazole rings is 1. The van der Waals surface area contributed by atoms with E-state index in [2.05, 4.69) is 35.4 Å². The van der Waals surface area contributed by atoms with Gasteiger partial charge in [-0.2, -0.15) is 0 Å². The summed E-state index contributed by atoms with van der Waals surface area (Å²) >= 11 is 1.57. The molecule has 1 fully saturated rings. The molecule has 1 aliphatic heterocycles. The van der Waals surface area contributed by atoms with Crippen LogP contribution in [0.1, 0.15) is 36.4 Å². The zero-order valence-electron chi connectivity index (χ0n) is 10.5. The fourth-order valence-electron chi connectivity index (χ4n) is 2.56. The van der Waals surface area contributed by atoms with Crippen LogP contribution in [0.2, 0.25) is 0 Å². The van der Waals surface area contributed by atoms with E-state index >= 15 is 0 Å². The third-order valence-electron chi connectivity index (χ3n) is 3.65. The Balaban J connectivity index is 1.88. The molecule has 3 nitrogen and oxygen atoms in total. The van der Waals surface area contributed by atoms with Gasteiger partial charge in [0, 0.05) is 6.04 Å². The molecule has 0 bridgehead atoms. The summed E-state index contributed by atoms with van der Waals surface area (Å²) in [7, 11) is 0. The number of piperidine rings is 1. The summed E-state index contributed by atoms with van der Waals surface area (Å²) in [6, 6.07) is 6.94. The molecule has 2 heterocycles. The smallest absolute Gasteiger partial charge is 0.119 e. The number of aromatic nitrogens is 1. The molecule has 96 valence electrons. The van der Waals surface area contributed by atoms with Gasteiger partial charge in [0.05, 0.1) is 16.8 Å². The summed E-state index contributed by atoms with van der Waals surface area (Å²) < 4.78 is 1.16. The van der Waals surface area contributed by atoms with Crippen LogP contribution in [0.15, 0.2) is 18.2 Å². The molecule has 0 radical (unpaired) electrons. The highest BCUT2D eigenvalue weighted by molar-refractivity contribution is 7.18. The average molecular weight is 262 g/mol. The molecular weight excluding hydrogens is 244 g/mol. The molecule has 0 saturated carbocycles. The molecule has 1 saturated heterocycles. The van der Waals surface area contributed by atoms with Crippen molar-refractivity contribution in [3.63, 3.8) is 0 Å². The molecule has 2 aromatic rings. The Morgan fingerprint density at radius 2 is 2.33 bits per heavy atom. The highest BCUT2D eigenvalue weighted by atomic mass is 32.1. The summed E-state index contributed by atoms with van der Waals surface area (Å²) in [6.07, 6.45) is 2.48. The van der Waals surface area contributed by atoms with Crippen LogP contribution in [0.5, 0.6) is 0 Å². The normalized spacial score (nSPS) is 24.6. The summed E-state index contributed by atoms with van der Waals surface area (Å²) in [4.78, 5) is 4.44. The van der Waals surface area contributed by atoms with Crippen LogP contribution in [-0.4, -0.2) is 16.6 Å². The minimum absolute atomic E-state index is 0.0356. The third-order valence-corrected chi connectivity index (χ3v) is 4.68. The lowest BCUT2D eigenvalue weighted by atomic mass is 9.92. The molecule has 2 atom stereocenters. The van der Waals surface area contributed by atoms with Crippen LogP contribution in [0, 0.1) is 5.92 Å². The molecule has 0 unspecified atom stereocenters. The van der Waals surface area contributed by atoms with Gasteiger partial charge in [-0.15, -0.1) is 11.3 Å². The third kappa shape index (κ3) is 2.28. The second kappa shape index (κ2) is 4.96. The van der Waals surface area contributed by atoms with Crippen molar-refractivity contribution >= 4 is 21.6 Å². The van der Waals surface area contributed by atoms with Crippen LogP contribution in [0.4, 0.5) is 0 Å². The Morgan fingerprint density at radius 3 is 3.06 bits per heavy atom. The number of benzene rings is 1. The number of aliphatic hydroxyl groups is 1. The van der Waals surface area contributed by atoms with Gasteiger partial charge in [-0.05, 0) is 43.0 Å². The Labute approximate surface area is 111 Å². The first-order valence-electron chi connectivity index (χ1n) is 6.50. The van der Waals surface area contributed by atoms with E-state index in [4.69, 9.17) is 5.11 Å². The zero-order valence-corrected chi connectivity index (χ0v) is 11.3. The number of rotatable bonds is 2. The number of fused-ring (bicyclic) bond motifs is 1. The van der Waals surface area contributed by atoms with E-state index in [-0.39, 0.29) is 6.61 Å². The maximum atomic E-state index is 9.12. The molecule has 1 aliphatic rings. The molecule has 1 aromatic heterocycles. The fraction of sp³-hybridized carbons (Fsp3) is 0.500. The number of nitrogens with zero attached hydrogens (tertiary/aromatic N) is 1. The van der Waals surface area contributed by atoms with E-state index < -0.39 is 0 Å². The number of nitrogens with one attached hydrogen (secondary N) is 1. The van der Waals surface area contributed by atoms with Gasteiger partial charge in [-0.1, -0.05) is 13.0 Å². The maximum Gasteiger partial charge on any atom is 0.119 e. The molecule has 18 heavy (non-hydrogen) atoms. The highest BCUT2D eigenvalue weighted by Gasteiger charge is 2.19. The van der Waals surface area contributed by atoms with Crippen molar-refractivity contribution in [2.45, 2.75) is 32.4 Å². The van der Waals surface area contributed by atoms with Crippen molar-refractivity contribution in [1.29, 1.82) is 0 Å². The Morgan fingerprint density at radius 1 is 1.44 bits per heavy atom. The molecule has 1 aromatic carbocycles. The summed E-state index contributed by atoms with van der Waals surface area (Å²) in [5.41, 5.74) is 2.34. The molecule has 2 N–H and O–H groups in total. The van der Waals surface area contributed by atoms with Crippen LogP contribution < -0.4 is 5.32 Å². The monoisotopic (exact) mass is 262 g/mol. The van der Waals surface area contributed by atoms with Crippen molar-refractivity contribution in [2.75, 3.05) is 6.54 Å². The minimum atomic E-state index is 0.0356. The van der Waals surface area contributed by atoms with Crippen molar-refractivity contribution in [3.05, 3.63) is 28.8 Å². The SMILES string of the molecule is C[C@H]1CC[C@H](c2ccc3sc(CO)nc3c2)NC1. The van der Waals surface area contributed by atoms with Crippen LogP contribution in [-0.2, 0) is 6.61 Å². The van der Waals surface area contributed by atoms with Crippen LogP contribution >= 0.6 is 11.3 Å². The first kappa shape index (κ1) is 12.1. The molecule has 4 heteroatoms. The molecule has 3 rings (SSSR count). The Hall–Kier alpha value is -0.970. The predicted molar refractivity (Wildman–Crippen MR) is 74.7 cm³/mol. The van der Waals surface area contributed by atoms with Gasteiger partial charge in [-0.25, -0.2) is 4.98 Å². The maximum absolute atomic E-state index is 9.12. The average Bonchev–Trinajstić information content (AvgIpc) is 2.81. The van der Waals surface area contributed by atoms with E-state index in [0.29, 0.717) is 6.04 Å². The minimum Gasteiger partial charge on any atom is -0.389 e. The van der Waals surface area contributed by atoms with Gasteiger partial charge in [0.25, 0.3) is 0 Å². The van der Waals surface area contributed by atoms with Crippen molar-refractivity contribution in [3.8, 4) is 0 Å². The van der Waals surface area contributed by atoms with Gasteiger partial charge in [0.1, 0.15) is 5.01 Å². The van der Waals surface area contributed by atoms with E-state index in [1.165, 1.54) is 18.4 Å². The Bertz CT molecular complexity index is 544. The largest absolute Gasteiger partial charge is 0.389 e. The molecule has 0 spiro atoms. The zero-order chi connectivity index (χ0) is 12.5. The summed E-state index contributed by atoms with van der Waals surface area (Å²) in [6.45, 7) is 3.43. The molecule has 0 amide bonds. The lowest BCUT2D eigenvalue weighted by Crippen LogP contribution is -2.31. The summed E-state index contributed by atoms with van der Waals surface area (Å²) in [5, 5.41) is 13.5. The second-order valence-electron chi connectivity index (χ2n) is 5.14. The van der Waals surface area contributed by atoms with Crippen molar-refractivity contribution in [1.82, 2.24) is 10.3 Å². The number of hydrogen-bond acceptors (Lipinski definition) is 4. The molecule has 0 aliphatic carbocycles. The predicted octanol–water partition coefficient (Wildman–Crippen LogP) is 2.85. The first-order valence-corrected chi connectivity index (χ1v) is 7.31. The van der Waals surface area contributed by atoms with Gasteiger partial charge in [0.2, 0.25) is 0 Å². The number of aliphatic hydroxyl groups excluding tert-OH is 1. The van der Waals surface area contributed by atoms with E-state index in [9.17, 15) is 0 Å². The highest BCUT2D eigenvalue weighted by Crippen LogP contribution is 2.29. The van der Waals surface area contributed by atoms with E-state index in [1.807, 2.05) is 0 Å². The topological polar surface area (TPSA) is 45.2 Å². The van der Waals surface area contributed by atoms with Crippen LogP contribution in [0.3, 0.4) is 0 Å². The first-order chi connectivity index (χ1) is 8.76. The van der Waals surface area contributed by atoms with E-state index in [1.54, 1.807) is 11.3 Å². The standard InChI is InChI=1S/C14H18N2OS/c1-9-2-4-11(15-7-9)10-3-5-13-12(6-10)16-14(8-17)18-13/h3,5-6,9,11,15,17H,2,4,7-8H2,1H3/t9-,11+/m0/s1. The molecular formula is C14H18N2OS. The van der Waals surface area contributed by atoms with Crippen molar-refractivity contribution < 1.29 is 5.11 Å². The summed E-state index contributed by atoms with van der Waals surface area (Å²) in [5.74, 6) is 0.783. The van der Waals surface area contributed by atoms with Crippen molar-refractivity contribution in [2.24, 2.45) is 5.92 Å². The Kier molecular flexibility index (Phi) is 3.33. The van der Waals surface area contributed by atoms with Crippen LogP contribution in [0.25, 0.3) is 10.2 Å².